The van der Waals surface area contributed by atoms with Gasteiger partial charge in [-0.05, 0) is 47.2 Å². The Morgan fingerprint density at radius 2 is 2.19 bits per heavy atom. The number of benzene rings is 1. The molecule has 1 aliphatic carbocycles. The minimum atomic E-state index is -0.440. The number of non-ortho nitro benzene ring substituents is 1. The number of carbonyl (C=O) groups is 1. The molecule has 1 saturated carbocycles. The van der Waals surface area contributed by atoms with E-state index >= 15 is 0 Å². The van der Waals surface area contributed by atoms with Gasteiger partial charge in [0.15, 0.2) is 5.12 Å². The van der Waals surface area contributed by atoms with Crippen molar-refractivity contribution in [2.45, 2.75) is 32.2 Å². The summed E-state index contributed by atoms with van der Waals surface area (Å²) >= 11 is 4.67. The molecule has 0 saturated heterocycles. The minimum absolute atomic E-state index is 0.0220. The van der Waals surface area contributed by atoms with Crippen molar-refractivity contribution in [2.75, 3.05) is 11.1 Å². The number of nitrogens with zero attached hydrogens (tertiary/aromatic N) is 2. The van der Waals surface area contributed by atoms with Crippen LogP contribution >= 0.6 is 27.7 Å². The lowest BCUT2D eigenvalue weighted by Gasteiger charge is -2.22. The first kappa shape index (κ1) is 19.9. The van der Waals surface area contributed by atoms with Gasteiger partial charge in [-0.25, -0.2) is 0 Å². The van der Waals surface area contributed by atoms with Gasteiger partial charge in [0.2, 0.25) is 0 Å². The Morgan fingerprint density at radius 1 is 1.48 bits per heavy atom. The van der Waals surface area contributed by atoms with Crippen molar-refractivity contribution in [3.8, 4) is 0 Å². The van der Waals surface area contributed by atoms with Gasteiger partial charge in [0.05, 0.1) is 16.1 Å². The van der Waals surface area contributed by atoms with Gasteiger partial charge in [0, 0.05) is 43.3 Å². The average Bonchev–Trinajstić information content (AvgIpc) is 3.46. The molecule has 27 heavy (non-hydrogen) atoms. The van der Waals surface area contributed by atoms with Crippen molar-refractivity contribution in [1.82, 2.24) is 4.57 Å². The summed E-state index contributed by atoms with van der Waals surface area (Å²) in [4.78, 5) is 34.6. The van der Waals surface area contributed by atoms with Crippen LogP contribution in [0.25, 0.3) is 10.9 Å². The molecule has 144 valence electrons. The molecule has 0 unspecified atom stereocenters. The van der Waals surface area contributed by atoms with Gasteiger partial charge in [-0.1, -0.05) is 11.8 Å². The molecule has 0 amide bonds. The Labute approximate surface area is 168 Å². The molecule has 2 aromatic rings. The van der Waals surface area contributed by atoms with E-state index in [1.165, 1.54) is 28.5 Å². The van der Waals surface area contributed by atoms with Crippen LogP contribution < -0.4 is 10.9 Å². The lowest BCUT2D eigenvalue weighted by Crippen LogP contribution is -2.26. The van der Waals surface area contributed by atoms with E-state index in [0.29, 0.717) is 32.7 Å². The standard InChI is InChI=1S/C18H20BrN3O4S/c1-10(23)27-8-7-14(11-3-4-11)20-17-13-9-12(22(25)26)5-6-15(13)21(2)18(24)16(17)19/h5-6,9,11,14,20H,3-4,7-8H2,1-2H3/t14-/m1/s1. The summed E-state index contributed by atoms with van der Waals surface area (Å²) in [5.74, 6) is 1.19. The van der Waals surface area contributed by atoms with Crippen molar-refractivity contribution in [3.63, 3.8) is 0 Å². The van der Waals surface area contributed by atoms with Gasteiger partial charge >= 0.3 is 0 Å². The van der Waals surface area contributed by atoms with Crippen LogP contribution in [0.2, 0.25) is 0 Å². The van der Waals surface area contributed by atoms with E-state index in [4.69, 9.17) is 0 Å². The maximum absolute atomic E-state index is 12.6. The highest BCUT2D eigenvalue weighted by Gasteiger charge is 2.32. The van der Waals surface area contributed by atoms with E-state index in [1.54, 1.807) is 20.0 Å². The van der Waals surface area contributed by atoms with Gasteiger partial charge in [-0.2, -0.15) is 0 Å². The molecule has 0 radical (unpaired) electrons. The van der Waals surface area contributed by atoms with Crippen LogP contribution in [-0.4, -0.2) is 26.4 Å². The summed E-state index contributed by atoms with van der Waals surface area (Å²) in [5, 5.41) is 15.4. The summed E-state index contributed by atoms with van der Waals surface area (Å²) in [6.07, 6.45) is 2.98. The van der Waals surface area contributed by atoms with E-state index in [-0.39, 0.29) is 22.4 Å². The molecule has 3 rings (SSSR count). The number of rotatable bonds is 7. The van der Waals surface area contributed by atoms with Crippen molar-refractivity contribution in [1.29, 1.82) is 0 Å². The number of thioether (sulfide) groups is 1. The second kappa shape index (κ2) is 8.02. The van der Waals surface area contributed by atoms with E-state index in [0.717, 1.165) is 19.3 Å². The fourth-order valence-corrected chi connectivity index (χ4v) is 4.45. The van der Waals surface area contributed by atoms with Gasteiger partial charge in [-0.3, -0.25) is 19.7 Å². The fourth-order valence-electron chi connectivity index (χ4n) is 3.19. The maximum atomic E-state index is 12.6. The third-order valence-corrected chi connectivity index (χ3v) is 6.37. The molecule has 0 bridgehead atoms. The predicted octanol–water partition coefficient (Wildman–Crippen LogP) is 4.07. The number of aromatic nitrogens is 1. The number of halogens is 1. The second-order valence-corrected chi connectivity index (χ2v) is 8.79. The van der Waals surface area contributed by atoms with Crippen molar-refractivity contribution in [2.24, 2.45) is 13.0 Å². The van der Waals surface area contributed by atoms with Crippen LogP contribution in [0.15, 0.2) is 27.5 Å². The number of hydrogen-bond acceptors (Lipinski definition) is 6. The molecular weight excluding hydrogens is 434 g/mol. The Hall–Kier alpha value is -1.87. The molecule has 1 atom stereocenters. The van der Waals surface area contributed by atoms with Crippen LogP contribution in [0.1, 0.15) is 26.2 Å². The van der Waals surface area contributed by atoms with Gasteiger partial charge in [0.25, 0.3) is 11.2 Å². The Morgan fingerprint density at radius 3 is 2.78 bits per heavy atom. The molecule has 0 aliphatic heterocycles. The number of nitrogens with one attached hydrogen (secondary N) is 1. The molecular formula is C18H20BrN3O4S. The van der Waals surface area contributed by atoms with Gasteiger partial charge in [0.1, 0.15) is 4.47 Å². The van der Waals surface area contributed by atoms with Crippen LogP contribution in [0, 0.1) is 16.0 Å². The molecule has 1 fully saturated rings. The number of hydrogen-bond donors (Lipinski definition) is 1. The molecule has 0 spiro atoms. The SMILES string of the molecule is CC(=O)SCC[C@@H](Nc1c(Br)c(=O)n(C)c2ccc([N+](=O)[O-])cc12)C1CC1. The molecule has 1 aromatic carbocycles. The van der Waals surface area contributed by atoms with Crippen molar-refractivity contribution >= 4 is 55.1 Å². The highest BCUT2D eigenvalue weighted by Crippen LogP contribution is 2.39. The third kappa shape index (κ3) is 4.35. The van der Waals surface area contributed by atoms with Crippen LogP contribution in [0.5, 0.6) is 0 Å². The fraction of sp³-hybridized carbons (Fsp3) is 0.444. The number of nitro benzene ring substituents is 1. The topological polar surface area (TPSA) is 94.2 Å². The van der Waals surface area contributed by atoms with Crippen molar-refractivity contribution < 1.29 is 9.72 Å². The van der Waals surface area contributed by atoms with Gasteiger partial charge in [-0.15, -0.1) is 0 Å². The summed E-state index contributed by atoms with van der Waals surface area (Å²) in [7, 11) is 1.65. The number of anilines is 1. The van der Waals surface area contributed by atoms with E-state index in [2.05, 4.69) is 21.2 Å². The highest BCUT2D eigenvalue weighted by atomic mass is 79.9. The number of nitro groups is 1. The van der Waals surface area contributed by atoms with Crippen molar-refractivity contribution in [3.05, 3.63) is 43.1 Å². The van der Waals surface area contributed by atoms with Crippen LogP contribution in [0.4, 0.5) is 11.4 Å². The number of carbonyl (C=O) groups excluding carboxylic acids is 1. The normalized spacial score (nSPS) is 14.9. The average molecular weight is 454 g/mol. The molecule has 1 heterocycles. The summed E-state index contributed by atoms with van der Waals surface area (Å²) in [6, 6.07) is 4.62. The van der Waals surface area contributed by atoms with E-state index < -0.39 is 4.92 Å². The third-order valence-electron chi connectivity index (χ3n) is 4.79. The zero-order chi connectivity index (χ0) is 19.7. The summed E-state index contributed by atoms with van der Waals surface area (Å²) in [5.41, 5.74) is 0.989. The zero-order valence-electron chi connectivity index (χ0n) is 15.0. The maximum Gasteiger partial charge on any atom is 0.270 e. The lowest BCUT2D eigenvalue weighted by molar-refractivity contribution is -0.384. The highest BCUT2D eigenvalue weighted by molar-refractivity contribution is 9.10. The largest absolute Gasteiger partial charge is 0.380 e. The first-order chi connectivity index (χ1) is 12.8. The molecule has 1 aliphatic rings. The summed E-state index contributed by atoms with van der Waals surface area (Å²) in [6.45, 7) is 1.55. The van der Waals surface area contributed by atoms with E-state index in [1.807, 2.05) is 0 Å². The Bertz CT molecular complexity index is 971. The number of fused-ring (bicyclic) bond motifs is 1. The zero-order valence-corrected chi connectivity index (χ0v) is 17.4. The molecule has 7 nitrogen and oxygen atoms in total. The number of aryl methyl sites for hydroxylation is 1. The smallest absolute Gasteiger partial charge is 0.270 e. The van der Waals surface area contributed by atoms with Crippen LogP contribution in [0.3, 0.4) is 0 Å². The van der Waals surface area contributed by atoms with Crippen LogP contribution in [-0.2, 0) is 11.8 Å². The molecule has 9 heteroatoms. The van der Waals surface area contributed by atoms with E-state index in [9.17, 15) is 19.7 Å². The summed E-state index contributed by atoms with van der Waals surface area (Å²) < 4.78 is 1.84. The minimum Gasteiger partial charge on any atom is -0.380 e. The molecule has 1 N–H and O–H groups in total. The Balaban J connectivity index is 2.02. The quantitative estimate of drug-likeness (QED) is 0.501. The first-order valence-electron chi connectivity index (χ1n) is 8.66. The van der Waals surface area contributed by atoms with Gasteiger partial charge < -0.3 is 9.88 Å². The number of pyridine rings is 1. The Kier molecular flexibility index (Phi) is 5.90. The second-order valence-electron chi connectivity index (χ2n) is 6.73. The molecule has 1 aromatic heterocycles. The lowest BCUT2D eigenvalue weighted by atomic mass is 10.1. The first-order valence-corrected chi connectivity index (χ1v) is 10.4. The predicted molar refractivity (Wildman–Crippen MR) is 111 cm³/mol. The monoisotopic (exact) mass is 453 g/mol.